The molecule has 0 saturated carbocycles. The molecule has 0 aliphatic carbocycles. The standard InChI is InChI=1S/C17H16F3N5O2S/c1-24(2)28(26,27)15-8-3-5-12(9-15)11-25-22-16(21-23-25)13-6-4-7-14(10-13)17(18,19)20/h3-10H,11H2,1-2H3. The summed E-state index contributed by atoms with van der Waals surface area (Å²) in [7, 11) is -0.721. The molecular formula is C17H16F3N5O2S. The summed E-state index contributed by atoms with van der Waals surface area (Å²) in [5.74, 6) is 0.0446. The van der Waals surface area contributed by atoms with Crippen LogP contribution in [0.3, 0.4) is 0 Å². The summed E-state index contributed by atoms with van der Waals surface area (Å²) >= 11 is 0. The van der Waals surface area contributed by atoms with Crippen molar-refractivity contribution < 1.29 is 21.6 Å². The largest absolute Gasteiger partial charge is 0.416 e. The highest BCUT2D eigenvalue weighted by Crippen LogP contribution is 2.31. The molecule has 0 spiro atoms. The molecule has 28 heavy (non-hydrogen) atoms. The molecule has 2 aromatic carbocycles. The maximum Gasteiger partial charge on any atom is 0.416 e. The predicted octanol–water partition coefficient (Wildman–Crippen LogP) is 2.66. The van der Waals surface area contributed by atoms with Gasteiger partial charge in [0.05, 0.1) is 17.0 Å². The topological polar surface area (TPSA) is 81.0 Å². The molecule has 0 bridgehead atoms. The lowest BCUT2D eigenvalue weighted by atomic mass is 10.1. The molecule has 0 N–H and O–H groups in total. The van der Waals surface area contributed by atoms with E-state index in [0.717, 1.165) is 16.4 Å². The molecule has 11 heteroatoms. The fourth-order valence-electron chi connectivity index (χ4n) is 2.44. The van der Waals surface area contributed by atoms with E-state index >= 15 is 0 Å². The fourth-order valence-corrected chi connectivity index (χ4v) is 3.41. The minimum atomic E-state index is -4.47. The Labute approximate surface area is 159 Å². The first-order chi connectivity index (χ1) is 13.1. The van der Waals surface area contributed by atoms with Gasteiger partial charge in [-0.1, -0.05) is 24.3 Å². The van der Waals surface area contributed by atoms with Crippen LogP contribution in [0.5, 0.6) is 0 Å². The fraction of sp³-hybridized carbons (Fsp3) is 0.235. The van der Waals surface area contributed by atoms with Crippen LogP contribution in [0.2, 0.25) is 0 Å². The molecule has 0 radical (unpaired) electrons. The molecule has 0 unspecified atom stereocenters. The van der Waals surface area contributed by atoms with Crippen LogP contribution in [0.15, 0.2) is 53.4 Å². The lowest BCUT2D eigenvalue weighted by Gasteiger charge is -2.12. The van der Waals surface area contributed by atoms with Gasteiger partial charge in [0.25, 0.3) is 0 Å². The number of nitrogens with zero attached hydrogens (tertiary/aromatic N) is 5. The Balaban J connectivity index is 1.85. The van der Waals surface area contributed by atoms with Gasteiger partial charge in [-0.25, -0.2) is 12.7 Å². The lowest BCUT2D eigenvalue weighted by Crippen LogP contribution is -2.22. The highest BCUT2D eigenvalue weighted by atomic mass is 32.2. The zero-order valence-electron chi connectivity index (χ0n) is 14.9. The van der Waals surface area contributed by atoms with E-state index in [1.54, 1.807) is 12.1 Å². The summed E-state index contributed by atoms with van der Waals surface area (Å²) in [4.78, 5) is 1.31. The summed E-state index contributed by atoms with van der Waals surface area (Å²) in [6.07, 6.45) is -4.47. The minimum absolute atomic E-state index is 0.0446. The number of sulfonamides is 1. The first-order valence-corrected chi connectivity index (χ1v) is 9.48. The second-order valence-corrected chi connectivity index (χ2v) is 8.31. The van der Waals surface area contributed by atoms with E-state index in [-0.39, 0.29) is 22.8 Å². The van der Waals surface area contributed by atoms with Gasteiger partial charge in [0.15, 0.2) is 0 Å². The van der Waals surface area contributed by atoms with E-state index < -0.39 is 21.8 Å². The van der Waals surface area contributed by atoms with Gasteiger partial charge >= 0.3 is 6.18 Å². The molecule has 3 rings (SSSR count). The summed E-state index contributed by atoms with van der Waals surface area (Å²) in [5, 5.41) is 11.7. The van der Waals surface area contributed by atoms with Gasteiger partial charge in [-0.15, -0.1) is 10.2 Å². The SMILES string of the molecule is CN(C)S(=O)(=O)c1cccc(Cn2nnc(-c3cccc(C(F)(F)F)c3)n2)c1. The molecule has 148 valence electrons. The Hall–Kier alpha value is -2.79. The van der Waals surface area contributed by atoms with Gasteiger partial charge in [0.2, 0.25) is 15.8 Å². The second-order valence-electron chi connectivity index (χ2n) is 6.16. The van der Waals surface area contributed by atoms with E-state index in [0.29, 0.717) is 5.56 Å². The molecule has 0 fully saturated rings. The first-order valence-electron chi connectivity index (χ1n) is 8.04. The molecule has 0 aliphatic heterocycles. The zero-order valence-corrected chi connectivity index (χ0v) is 15.7. The Morgan fingerprint density at radius 3 is 2.46 bits per heavy atom. The minimum Gasteiger partial charge on any atom is -0.207 e. The van der Waals surface area contributed by atoms with Crippen molar-refractivity contribution in [2.75, 3.05) is 14.1 Å². The number of halogens is 3. The highest BCUT2D eigenvalue weighted by molar-refractivity contribution is 7.89. The van der Waals surface area contributed by atoms with Gasteiger partial charge in [-0.05, 0) is 35.0 Å². The third-order valence-electron chi connectivity index (χ3n) is 3.90. The number of alkyl halides is 3. The van der Waals surface area contributed by atoms with Crippen molar-refractivity contribution in [3.05, 3.63) is 59.7 Å². The number of hydrogen-bond donors (Lipinski definition) is 0. The van der Waals surface area contributed by atoms with Gasteiger partial charge in [0.1, 0.15) is 0 Å². The quantitative estimate of drug-likeness (QED) is 0.645. The highest BCUT2D eigenvalue weighted by Gasteiger charge is 2.30. The molecule has 3 aromatic rings. The monoisotopic (exact) mass is 411 g/mol. The summed E-state index contributed by atoms with van der Waals surface area (Å²) in [6, 6.07) is 10.9. The number of benzene rings is 2. The van der Waals surface area contributed by atoms with Crippen molar-refractivity contribution >= 4 is 10.0 Å². The van der Waals surface area contributed by atoms with Gasteiger partial charge in [-0.2, -0.15) is 18.0 Å². The Kier molecular flexibility index (Phi) is 5.22. The number of tetrazole rings is 1. The second kappa shape index (κ2) is 7.32. The number of hydrogen-bond acceptors (Lipinski definition) is 5. The molecule has 1 aromatic heterocycles. The maximum absolute atomic E-state index is 12.9. The van der Waals surface area contributed by atoms with E-state index in [4.69, 9.17) is 0 Å². The summed E-state index contributed by atoms with van der Waals surface area (Å²) in [5.41, 5.74) is -0.0103. The average Bonchev–Trinajstić information content (AvgIpc) is 3.10. The Morgan fingerprint density at radius 2 is 1.79 bits per heavy atom. The normalized spacial score (nSPS) is 12.5. The smallest absolute Gasteiger partial charge is 0.207 e. The van der Waals surface area contributed by atoms with Crippen molar-refractivity contribution in [1.82, 2.24) is 24.5 Å². The van der Waals surface area contributed by atoms with Gasteiger partial charge in [-0.3, -0.25) is 0 Å². The average molecular weight is 411 g/mol. The Morgan fingerprint density at radius 1 is 1.07 bits per heavy atom. The van der Waals surface area contributed by atoms with E-state index in [1.165, 1.54) is 43.2 Å². The van der Waals surface area contributed by atoms with E-state index in [9.17, 15) is 21.6 Å². The van der Waals surface area contributed by atoms with Crippen molar-refractivity contribution in [1.29, 1.82) is 0 Å². The van der Waals surface area contributed by atoms with Crippen LogP contribution in [0.1, 0.15) is 11.1 Å². The van der Waals surface area contributed by atoms with Crippen LogP contribution in [0, 0.1) is 0 Å². The lowest BCUT2D eigenvalue weighted by molar-refractivity contribution is -0.137. The first kappa shape index (κ1) is 20.0. The van der Waals surface area contributed by atoms with Crippen molar-refractivity contribution in [2.45, 2.75) is 17.6 Å². The van der Waals surface area contributed by atoms with Crippen LogP contribution in [0.25, 0.3) is 11.4 Å². The van der Waals surface area contributed by atoms with Gasteiger partial charge in [0, 0.05) is 19.7 Å². The predicted molar refractivity (Wildman–Crippen MR) is 94.7 cm³/mol. The van der Waals surface area contributed by atoms with Crippen LogP contribution >= 0.6 is 0 Å². The Bertz CT molecular complexity index is 1090. The molecule has 1 heterocycles. The summed E-state index contributed by atoms with van der Waals surface area (Å²) < 4.78 is 64.1. The van der Waals surface area contributed by atoms with Crippen LogP contribution in [-0.4, -0.2) is 47.0 Å². The van der Waals surface area contributed by atoms with E-state index in [1.807, 2.05) is 0 Å². The number of rotatable bonds is 5. The number of aromatic nitrogens is 4. The van der Waals surface area contributed by atoms with E-state index in [2.05, 4.69) is 15.4 Å². The molecular weight excluding hydrogens is 395 g/mol. The third-order valence-corrected chi connectivity index (χ3v) is 5.71. The zero-order chi connectivity index (χ0) is 20.5. The van der Waals surface area contributed by atoms with Crippen molar-refractivity contribution in [3.63, 3.8) is 0 Å². The third kappa shape index (κ3) is 4.20. The van der Waals surface area contributed by atoms with Crippen LogP contribution in [-0.2, 0) is 22.7 Å². The summed E-state index contributed by atoms with van der Waals surface area (Å²) in [6.45, 7) is 0.114. The molecule has 0 saturated heterocycles. The van der Waals surface area contributed by atoms with Crippen LogP contribution < -0.4 is 0 Å². The molecule has 0 atom stereocenters. The molecule has 7 nitrogen and oxygen atoms in total. The molecule has 0 amide bonds. The van der Waals surface area contributed by atoms with Crippen molar-refractivity contribution in [2.24, 2.45) is 0 Å². The molecule has 0 aliphatic rings. The van der Waals surface area contributed by atoms with Crippen LogP contribution in [0.4, 0.5) is 13.2 Å². The van der Waals surface area contributed by atoms with Crippen molar-refractivity contribution in [3.8, 4) is 11.4 Å². The maximum atomic E-state index is 12.9. The van der Waals surface area contributed by atoms with Gasteiger partial charge < -0.3 is 0 Å².